The summed E-state index contributed by atoms with van der Waals surface area (Å²) in [6.45, 7) is 1.76. The van der Waals surface area contributed by atoms with Gasteiger partial charge in [-0.1, -0.05) is 12.1 Å². The number of esters is 1. The predicted molar refractivity (Wildman–Crippen MR) is 65.6 cm³/mol. The minimum atomic E-state index is -1.49. The molecular formula is C14H13NO4. The van der Waals surface area contributed by atoms with Crippen LogP contribution in [0.2, 0.25) is 0 Å². The normalized spacial score (nSPS) is 20.9. The summed E-state index contributed by atoms with van der Waals surface area (Å²) >= 11 is 0. The van der Waals surface area contributed by atoms with Crippen LogP contribution in [0, 0.1) is 16.7 Å². The van der Waals surface area contributed by atoms with E-state index in [0.717, 1.165) is 0 Å². The maximum atomic E-state index is 12.4. The van der Waals surface area contributed by atoms with Gasteiger partial charge in [-0.15, -0.1) is 0 Å². The highest BCUT2D eigenvalue weighted by molar-refractivity contribution is 6.07. The maximum absolute atomic E-state index is 12.4. The molecule has 2 rings (SSSR count). The van der Waals surface area contributed by atoms with E-state index in [2.05, 4.69) is 0 Å². The molecule has 0 aliphatic carbocycles. The summed E-state index contributed by atoms with van der Waals surface area (Å²) in [7, 11) is 0. The number of rotatable bonds is 3. The molecule has 0 aromatic heterocycles. The Balaban J connectivity index is 2.32. The Kier molecular flexibility index (Phi) is 3.52. The van der Waals surface area contributed by atoms with Crippen LogP contribution in [-0.2, 0) is 9.53 Å². The highest BCUT2D eigenvalue weighted by Crippen LogP contribution is 2.36. The highest BCUT2D eigenvalue weighted by atomic mass is 16.5. The lowest BCUT2D eigenvalue weighted by atomic mass is 9.77. The van der Waals surface area contributed by atoms with Gasteiger partial charge < -0.3 is 9.47 Å². The lowest BCUT2D eigenvalue weighted by Crippen LogP contribution is -2.41. The molecule has 0 bridgehead atoms. The van der Waals surface area contributed by atoms with Crippen LogP contribution < -0.4 is 4.74 Å². The van der Waals surface area contributed by atoms with Crippen LogP contribution >= 0.6 is 0 Å². The van der Waals surface area contributed by atoms with E-state index < -0.39 is 11.4 Å². The lowest BCUT2D eigenvalue weighted by Gasteiger charge is -2.29. The summed E-state index contributed by atoms with van der Waals surface area (Å²) in [5.41, 5.74) is -1.15. The van der Waals surface area contributed by atoms with Gasteiger partial charge in [0.1, 0.15) is 12.4 Å². The van der Waals surface area contributed by atoms with Gasteiger partial charge in [-0.05, 0) is 19.1 Å². The molecule has 1 heterocycles. The van der Waals surface area contributed by atoms with Gasteiger partial charge in [0.15, 0.2) is 11.2 Å². The van der Waals surface area contributed by atoms with Crippen LogP contribution in [0.15, 0.2) is 24.3 Å². The molecule has 0 saturated heterocycles. The average Bonchev–Trinajstić information content (AvgIpc) is 2.43. The van der Waals surface area contributed by atoms with Crippen molar-refractivity contribution in [1.82, 2.24) is 0 Å². The summed E-state index contributed by atoms with van der Waals surface area (Å²) in [6.07, 6.45) is -0.287. The number of hydrogen-bond acceptors (Lipinski definition) is 5. The molecule has 1 aliphatic heterocycles. The molecule has 0 N–H and O–H groups in total. The van der Waals surface area contributed by atoms with Gasteiger partial charge in [0, 0.05) is 0 Å². The number of ether oxygens (including phenoxy) is 2. The largest absolute Gasteiger partial charge is 0.491 e. The van der Waals surface area contributed by atoms with Crippen molar-refractivity contribution < 1.29 is 19.1 Å². The Hall–Kier alpha value is -2.35. The number of carbonyl (C=O) groups is 2. The van der Waals surface area contributed by atoms with Crippen LogP contribution in [-0.4, -0.2) is 25.0 Å². The second-order valence-electron chi connectivity index (χ2n) is 4.29. The Morgan fingerprint density at radius 1 is 1.53 bits per heavy atom. The molecular weight excluding hydrogens is 246 g/mol. The molecule has 0 spiro atoms. The van der Waals surface area contributed by atoms with Gasteiger partial charge in [0.25, 0.3) is 0 Å². The molecule has 19 heavy (non-hydrogen) atoms. The van der Waals surface area contributed by atoms with Crippen molar-refractivity contribution in [3.63, 3.8) is 0 Å². The zero-order valence-corrected chi connectivity index (χ0v) is 10.5. The summed E-state index contributed by atoms with van der Waals surface area (Å²) in [5.74, 6) is -0.507. The zero-order chi connectivity index (χ0) is 13.9. The van der Waals surface area contributed by atoms with Crippen molar-refractivity contribution in [2.45, 2.75) is 13.3 Å². The molecule has 0 radical (unpaired) electrons. The smallest absolute Gasteiger partial charge is 0.308 e. The standard InChI is InChI=1S/C14H13NO4/c1-2-18-12(16)7-14(8-15)9-19-11-6-4-3-5-10(11)13(14)17/h3-6H,2,7,9H2,1H3/t14-/m0/s1. The average molecular weight is 259 g/mol. The van der Waals surface area contributed by atoms with Crippen molar-refractivity contribution >= 4 is 11.8 Å². The van der Waals surface area contributed by atoms with E-state index in [1.54, 1.807) is 31.2 Å². The first-order valence-corrected chi connectivity index (χ1v) is 5.96. The number of benzene rings is 1. The first-order chi connectivity index (χ1) is 9.13. The third-order valence-electron chi connectivity index (χ3n) is 3.01. The molecule has 1 aliphatic rings. The van der Waals surface area contributed by atoms with Gasteiger partial charge in [0.2, 0.25) is 0 Å². The topological polar surface area (TPSA) is 76.4 Å². The molecule has 0 amide bonds. The number of nitriles is 1. The minimum Gasteiger partial charge on any atom is -0.491 e. The van der Waals surface area contributed by atoms with E-state index in [-0.39, 0.29) is 25.4 Å². The molecule has 1 atom stereocenters. The van der Waals surface area contributed by atoms with E-state index in [9.17, 15) is 14.9 Å². The number of fused-ring (bicyclic) bond motifs is 1. The van der Waals surface area contributed by atoms with Gasteiger partial charge in [0.05, 0.1) is 24.7 Å². The SMILES string of the molecule is CCOC(=O)C[C@]1(C#N)COc2ccccc2C1=O. The van der Waals surface area contributed by atoms with Gasteiger partial charge in [-0.2, -0.15) is 5.26 Å². The minimum absolute atomic E-state index is 0.127. The lowest BCUT2D eigenvalue weighted by molar-refractivity contribution is -0.145. The van der Waals surface area contributed by atoms with Crippen molar-refractivity contribution in [2.75, 3.05) is 13.2 Å². The van der Waals surface area contributed by atoms with E-state index in [4.69, 9.17) is 9.47 Å². The fourth-order valence-electron chi connectivity index (χ4n) is 2.02. The molecule has 5 heteroatoms. The number of nitrogens with zero attached hydrogens (tertiary/aromatic N) is 1. The Morgan fingerprint density at radius 3 is 2.95 bits per heavy atom. The second-order valence-corrected chi connectivity index (χ2v) is 4.29. The number of Topliss-reactive ketones (excluding diaryl/α,β-unsaturated/α-hetero) is 1. The zero-order valence-electron chi connectivity index (χ0n) is 10.5. The van der Waals surface area contributed by atoms with Crippen LogP contribution in [0.25, 0.3) is 0 Å². The number of hydrogen-bond donors (Lipinski definition) is 0. The van der Waals surface area contributed by atoms with Gasteiger partial charge >= 0.3 is 5.97 Å². The predicted octanol–water partition coefficient (Wildman–Crippen LogP) is 1.72. The van der Waals surface area contributed by atoms with Crippen molar-refractivity contribution in [2.24, 2.45) is 5.41 Å². The molecule has 0 unspecified atom stereocenters. The fourth-order valence-corrected chi connectivity index (χ4v) is 2.02. The van der Waals surface area contributed by atoms with Crippen LogP contribution in [0.1, 0.15) is 23.7 Å². The first-order valence-electron chi connectivity index (χ1n) is 5.96. The highest BCUT2D eigenvalue weighted by Gasteiger charge is 2.46. The monoisotopic (exact) mass is 259 g/mol. The van der Waals surface area contributed by atoms with E-state index in [1.165, 1.54) is 0 Å². The maximum Gasteiger partial charge on any atom is 0.308 e. The molecule has 5 nitrogen and oxygen atoms in total. The van der Waals surface area contributed by atoms with E-state index in [0.29, 0.717) is 11.3 Å². The van der Waals surface area contributed by atoms with Gasteiger partial charge in [-0.3, -0.25) is 9.59 Å². The van der Waals surface area contributed by atoms with Crippen molar-refractivity contribution in [3.8, 4) is 11.8 Å². The van der Waals surface area contributed by atoms with Crippen LogP contribution in [0.3, 0.4) is 0 Å². The number of para-hydroxylation sites is 1. The third-order valence-corrected chi connectivity index (χ3v) is 3.01. The Bertz CT molecular complexity index is 561. The summed E-state index contributed by atoms with van der Waals surface area (Å²) in [6, 6.07) is 8.62. The quantitative estimate of drug-likeness (QED) is 0.772. The summed E-state index contributed by atoms with van der Waals surface area (Å²) < 4.78 is 10.2. The van der Waals surface area contributed by atoms with Crippen molar-refractivity contribution in [3.05, 3.63) is 29.8 Å². The fraction of sp³-hybridized carbons (Fsp3) is 0.357. The molecule has 0 saturated carbocycles. The number of carbonyl (C=O) groups excluding carboxylic acids is 2. The van der Waals surface area contributed by atoms with Crippen LogP contribution in [0.5, 0.6) is 5.75 Å². The Labute approximate surface area is 110 Å². The third kappa shape index (κ3) is 2.29. The summed E-state index contributed by atoms with van der Waals surface area (Å²) in [4.78, 5) is 24.0. The van der Waals surface area contributed by atoms with Gasteiger partial charge in [-0.25, -0.2) is 0 Å². The second kappa shape index (κ2) is 5.11. The Morgan fingerprint density at radius 2 is 2.26 bits per heavy atom. The van der Waals surface area contributed by atoms with Crippen LogP contribution in [0.4, 0.5) is 0 Å². The molecule has 98 valence electrons. The molecule has 0 fully saturated rings. The van der Waals surface area contributed by atoms with E-state index >= 15 is 0 Å². The molecule has 1 aromatic carbocycles. The summed E-state index contributed by atoms with van der Waals surface area (Å²) in [5, 5.41) is 9.30. The van der Waals surface area contributed by atoms with E-state index in [1.807, 2.05) is 6.07 Å². The molecule has 1 aromatic rings. The first kappa shape index (κ1) is 13.1. The van der Waals surface area contributed by atoms with Crippen molar-refractivity contribution in [1.29, 1.82) is 5.26 Å². The number of ketones is 1.